The number of halogens is 1. The van der Waals surface area contributed by atoms with Gasteiger partial charge in [-0.15, -0.1) is 0 Å². The quantitative estimate of drug-likeness (QED) is 0.704. The van der Waals surface area contributed by atoms with Crippen LogP contribution < -0.4 is 5.32 Å². The molecule has 1 amide bonds. The van der Waals surface area contributed by atoms with Gasteiger partial charge in [-0.3, -0.25) is 4.79 Å². The van der Waals surface area contributed by atoms with Gasteiger partial charge in [-0.1, -0.05) is 29.3 Å². The van der Waals surface area contributed by atoms with Crippen molar-refractivity contribution in [3.63, 3.8) is 0 Å². The third-order valence-electron chi connectivity index (χ3n) is 4.55. The first kappa shape index (κ1) is 20.9. The first-order chi connectivity index (χ1) is 12.2. The number of hydrogen-bond donors (Lipinski definition) is 1. The molecule has 26 heavy (non-hydrogen) atoms. The van der Waals surface area contributed by atoms with Crippen LogP contribution in [-0.4, -0.2) is 38.0 Å². The lowest BCUT2D eigenvalue weighted by atomic mass is 9.97. The Bertz CT molecular complexity index is 780. The lowest BCUT2D eigenvalue weighted by Gasteiger charge is -2.22. The maximum Gasteiger partial charge on any atom is 0.239 e. The van der Waals surface area contributed by atoms with E-state index in [2.05, 4.69) is 11.4 Å². The molecule has 5 nitrogen and oxygen atoms in total. The molecule has 144 valence electrons. The van der Waals surface area contributed by atoms with Crippen molar-refractivity contribution in [1.82, 2.24) is 4.31 Å². The summed E-state index contributed by atoms with van der Waals surface area (Å²) in [4.78, 5) is 12.4. The van der Waals surface area contributed by atoms with E-state index in [1.165, 1.54) is 16.3 Å². The van der Waals surface area contributed by atoms with E-state index in [4.69, 9.17) is 11.6 Å². The van der Waals surface area contributed by atoms with Gasteiger partial charge in [0, 0.05) is 6.54 Å². The van der Waals surface area contributed by atoms with E-state index < -0.39 is 10.0 Å². The Balaban J connectivity index is 2.03. The smallest absolute Gasteiger partial charge is 0.239 e. The number of hydrogen-bond acceptors (Lipinski definition) is 3. The topological polar surface area (TPSA) is 66.5 Å². The predicted molar refractivity (Wildman–Crippen MR) is 107 cm³/mol. The zero-order chi connectivity index (χ0) is 19.3. The average Bonchev–Trinajstić information content (AvgIpc) is 2.54. The summed E-state index contributed by atoms with van der Waals surface area (Å²) < 4.78 is 25.4. The molecule has 0 aliphatic heterocycles. The van der Waals surface area contributed by atoms with Gasteiger partial charge in [-0.2, -0.15) is 4.31 Å². The van der Waals surface area contributed by atoms with Crippen molar-refractivity contribution >= 4 is 33.2 Å². The molecular formula is C19H27ClN2O3S. The fourth-order valence-corrected chi connectivity index (χ4v) is 4.32. The third kappa shape index (κ3) is 6.11. The second kappa shape index (κ2) is 9.02. The van der Waals surface area contributed by atoms with E-state index in [1.54, 1.807) is 6.07 Å². The molecular weight excluding hydrogens is 372 g/mol. The van der Waals surface area contributed by atoms with Crippen molar-refractivity contribution in [3.8, 4) is 0 Å². The molecule has 0 bridgehead atoms. The van der Waals surface area contributed by atoms with Crippen LogP contribution in [0.25, 0.3) is 0 Å². The highest BCUT2D eigenvalue weighted by Crippen LogP contribution is 2.27. The fourth-order valence-electron chi connectivity index (χ4n) is 3.18. The van der Waals surface area contributed by atoms with Crippen molar-refractivity contribution in [2.45, 2.75) is 46.0 Å². The van der Waals surface area contributed by atoms with Crippen molar-refractivity contribution < 1.29 is 13.2 Å². The van der Waals surface area contributed by atoms with Crippen LogP contribution in [0, 0.1) is 13.8 Å². The SMILES string of the molecule is Cc1cc(C)c(NC(=O)CN(CCC2=CCCCC2)S(C)(=O)=O)c(Cl)c1. The largest absolute Gasteiger partial charge is 0.323 e. The molecule has 1 aromatic carbocycles. The van der Waals surface area contributed by atoms with Gasteiger partial charge in [0.2, 0.25) is 15.9 Å². The number of nitrogens with one attached hydrogen (secondary N) is 1. The average molecular weight is 399 g/mol. The molecule has 0 saturated carbocycles. The number of carbonyl (C=O) groups excluding carboxylic acids is 1. The van der Waals surface area contributed by atoms with Crippen molar-refractivity contribution in [1.29, 1.82) is 0 Å². The van der Waals surface area contributed by atoms with Crippen LogP contribution in [0.4, 0.5) is 5.69 Å². The molecule has 0 fully saturated rings. The minimum atomic E-state index is -3.47. The van der Waals surface area contributed by atoms with Crippen LogP contribution in [0.5, 0.6) is 0 Å². The van der Waals surface area contributed by atoms with Crippen LogP contribution in [0.2, 0.25) is 5.02 Å². The Kier molecular flexibility index (Phi) is 7.26. The molecule has 0 radical (unpaired) electrons. The number of nitrogens with zero attached hydrogens (tertiary/aromatic N) is 1. The van der Waals surface area contributed by atoms with Crippen LogP contribution in [0.3, 0.4) is 0 Å². The number of aryl methyl sites for hydroxylation is 2. The molecule has 2 rings (SSSR count). The number of rotatable bonds is 7. The molecule has 7 heteroatoms. The predicted octanol–water partition coefficient (Wildman–Crippen LogP) is 4.05. The second-order valence-electron chi connectivity index (χ2n) is 6.94. The van der Waals surface area contributed by atoms with Gasteiger partial charge in [0.25, 0.3) is 0 Å². The first-order valence-corrected chi connectivity index (χ1v) is 11.1. The Hall–Kier alpha value is -1.37. The lowest BCUT2D eigenvalue weighted by molar-refractivity contribution is -0.116. The summed E-state index contributed by atoms with van der Waals surface area (Å²) in [6, 6.07) is 3.69. The summed E-state index contributed by atoms with van der Waals surface area (Å²) in [5.41, 5.74) is 3.67. The van der Waals surface area contributed by atoms with Crippen molar-refractivity contribution in [2.24, 2.45) is 0 Å². The number of sulfonamides is 1. The Morgan fingerprint density at radius 1 is 1.27 bits per heavy atom. The molecule has 1 aromatic rings. The van der Waals surface area contributed by atoms with Gasteiger partial charge in [0.1, 0.15) is 0 Å². The Morgan fingerprint density at radius 2 is 2.00 bits per heavy atom. The number of benzene rings is 1. The highest BCUT2D eigenvalue weighted by molar-refractivity contribution is 7.88. The van der Waals surface area contributed by atoms with E-state index in [1.807, 2.05) is 19.9 Å². The van der Waals surface area contributed by atoms with Gasteiger partial charge < -0.3 is 5.32 Å². The minimum Gasteiger partial charge on any atom is -0.323 e. The summed E-state index contributed by atoms with van der Waals surface area (Å²) in [5.74, 6) is -0.387. The summed E-state index contributed by atoms with van der Waals surface area (Å²) >= 11 is 6.21. The summed E-state index contributed by atoms with van der Waals surface area (Å²) in [5, 5.41) is 3.21. The molecule has 1 aliphatic rings. The standard InChI is InChI=1S/C19H27ClN2O3S/c1-14-11-15(2)19(17(20)12-14)21-18(23)13-22(26(3,24)25)10-9-16-7-5-4-6-8-16/h7,11-12H,4-6,8-10,13H2,1-3H3,(H,21,23). The monoisotopic (exact) mass is 398 g/mol. The molecule has 0 heterocycles. The third-order valence-corrected chi connectivity index (χ3v) is 6.10. The van der Waals surface area contributed by atoms with E-state index in [9.17, 15) is 13.2 Å². The Morgan fingerprint density at radius 3 is 2.58 bits per heavy atom. The highest BCUT2D eigenvalue weighted by Gasteiger charge is 2.21. The molecule has 1 N–H and O–H groups in total. The summed E-state index contributed by atoms with van der Waals surface area (Å²) in [6.45, 7) is 3.89. The number of carbonyl (C=O) groups is 1. The molecule has 0 aromatic heterocycles. The van der Waals surface area contributed by atoms with Gasteiger partial charge in [-0.25, -0.2) is 8.42 Å². The summed E-state index contributed by atoms with van der Waals surface area (Å²) in [6.07, 6.45) is 8.42. The molecule has 0 saturated heterocycles. The first-order valence-electron chi connectivity index (χ1n) is 8.86. The molecule has 1 aliphatic carbocycles. The van der Waals surface area contributed by atoms with Crippen molar-refractivity contribution in [2.75, 3.05) is 24.7 Å². The van der Waals surface area contributed by atoms with E-state index in [0.717, 1.165) is 36.6 Å². The number of amides is 1. The normalized spacial score (nSPS) is 15.0. The maximum atomic E-state index is 12.4. The second-order valence-corrected chi connectivity index (χ2v) is 9.33. The maximum absolute atomic E-state index is 12.4. The van der Waals surface area contributed by atoms with Gasteiger partial charge >= 0.3 is 0 Å². The van der Waals surface area contributed by atoms with Crippen LogP contribution in [-0.2, 0) is 14.8 Å². The van der Waals surface area contributed by atoms with E-state index in [-0.39, 0.29) is 12.5 Å². The van der Waals surface area contributed by atoms with Crippen molar-refractivity contribution in [3.05, 3.63) is 39.9 Å². The van der Waals surface area contributed by atoms with Crippen LogP contribution >= 0.6 is 11.6 Å². The number of anilines is 1. The van der Waals surface area contributed by atoms with Gasteiger partial charge in [0.15, 0.2) is 0 Å². The van der Waals surface area contributed by atoms with Crippen LogP contribution in [0.1, 0.15) is 43.2 Å². The fraction of sp³-hybridized carbons (Fsp3) is 0.526. The molecule has 0 unspecified atom stereocenters. The van der Waals surface area contributed by atoms with E-state index in [0.29, 0.717) is 23.7 Å². The zero-order valence-electron chi connectivity index (χ0n) is 15.6. The minimum absolute atomic E-state index is 0.213. The van der Waals surface area contributed by atoms with Gasteiger partial charge in [-0.05, 0) is 63.1 Å². The van der Waals surface area contributed by atoms with E-state index >= 15 is 0 Å². The van der Waals surface area contributed by atoms with Gasteiger partial charge in [0.05, 0.1) is 23.5 Å². The zero-order valence-corrected chi connectivity index (χ0v) is 17.2. The molecule has 0 spiro atoms. The molecule has 0 atom stereocenters. The lowest BCUT2D eigenvalue weighted by Crippen LogP contribution is -2.38. The van der Waals surface area contributed by atoms with Crippen LogP contribution in [0.15, 0.2) is 23.8 Å². The summed E-state index contributed by atoms with van der Waals surface area (Å²) in [7, 11) is -3.47. The number of allylic oxidation sites excluding steroid dienone is 1. The Labute approximate surface area is 161 Å². The highest BCUT2D eigenvalue weighted by atomic mass is 35.5.